The summed E-state index contributed by atoms with van der Waals surface area (Å²) in [6.45, 7) is 1.64. The van der Waals surface area contributed by atoms with E-state index in [1.165, 1.54) is 20.0 Å². The van der Waals surface area contributed by atoms with Crippen LogP contribution >= 0.6 is 26.8 Å². The predicted octanol–water partition coefficient (Wildman–Crippen LogP) is 3.61. The quantitative estimate of drug-likeness (QED) is 0.372. The molecule has 3 atom stereocenters. The van der Waals surface area contributed by atoms with E-state index in [9.17, 15) is 14.0 Å². The molecule has 0 amide bonds. The molecule has 1 aliphatic rings. The standard InChI is InChI=1S/C19H31ClN4O7P2/c1-13(8-15(30-3)11-31-33(28,29)12-32(25,26)27)17-10-21-19-16(9-18(20)22-24(17)19)23(2)14-6-4-5-7-14/h9-10,13-15H,4-8,11-12H2,1-3H3,(H,28,29)(H2,25,26,27)/t13?,15-/m0/s1. The predicted molar refractivity (Wildman–Crippen MR) is 125 cm³/mol. The number of hydrogen-bond acceptors (Lipinski definition) is 7. The van der Waals surface area contributed by atoms with Crippen molar-refractivity contribution in [2.75, 3.05) is 31.6 Å². The molecule has 2 unspecified atom stereocenters. The van der Waals surface area contributed by atoms with Crippen LogP contribution in [0.1, 0.15) is 50.6 Å². The zero-order chi connectivity index (χ0) is 24.4. The summed E-state index contributed by atoms with van der Waals surface area (Å²) in [5, 5.41) is 4.78. The van der Waals surface area contributed by atoms with Crippen LogP contribution in [0.5, 0.6) is 0 Å². The Balaban J connectivity index is 1.75. The van der Waals surface area contributed by atoms with Gasteiger partial charge < -0.3 is 28.8 Å². The van der Waals surface area contributed by atoms with Gasteiger partial charge in [-0.25, -0.2) is 9.50 Å². The molecule has 14 heteroatoms. The molecule has 0 bridgehead atoms. The Kier molecular flexibility index (Phi) is 8.62. The van der Waals surface area contributed by atoms with Crippen LogP contribution < -0.4 is 4.90 Å². The van der Waals surface area contributed by atoms with Crippen LogP contribution in [0.15, 0.2) is 12.3 Å². The van der Waals surface area contributed by atoms with Crippen LogP contribution in [0, 0.1) is 0 Å². The summed E-state index contributed by atoms with van der Waals surface area (Å²) >= 11 is 6.34. The third-order valence-electron chi connectivity index (χ3n) is 5.98. The molecule has 11 nitrogen and oxygen atoms in total. The van der Waals surface area contributed by atoms with Crippen LogP contribution in [0.2, 0.25) is 5.15 Å². The first-order valence-electron chi connectivity index (χ1n) is 10.7. The molecular formula is C19H31ClN4O7P2. The van der Waals surface area contributed by atoms with Gasteiger partial charge in [-0.05, 0) is 19.3 Å². The first-order chi connectivity index (χ1) is 15.4. The van der Waals surface area contributed by atoms with Crippen molar-refractivity contribution < 1.29 is 33.1 Å². The molecule has 1 fully saturated rings. The molecule has 0 aromatic carbocycles. The van der Waals surface area contributed by atoms with Crippen molar-refractivity contribution in [3.8, 4) is 0 Å². The number of methoxy groups -OCH3 is 1. The second-order valence-electron chi connectivity index (χ2n) is 8.55. The molecule has 0 radical (unpaired) electrons. The van der Waals surface area contributed by atoms with Crippen molar-refractivity contribution >= 4 is 38.1 Å². The number of fused-ring (bicyclic) bond motifs is 1. The minimum atomic E-state index is -4.69. The fourth-order valence-electron chi connectivity index (χ4n) is 4.24. The molecule has 1 saturated carbocycles. The number of halogens is 1. The van der Waals surface area contributed by atoms with Crippen molar-refractivity contribution in [2.45, 2.75) is 57.1 Å². The van der Waals surface area contributed by atoms with Gasteiger partial charge in [0.05, 0.1) is 30.3 Å². The van der Waals surface area contributed by atoms with Gasteiger partial charge >= 0.3 is 15.2 Å². The highest BCUT2D eigenvalue weighted by molar-refractivity contribution is 7.70. The lowest BCUT2D eigenvalue weighted by molar-refractivity contribution is 0.0440. The Morgan fingerprint density at radius 2 is 1.97 bits per heavy atom. The number of hydrogen-bond donors (Lipinski definition) is 3. The Morgan fingerprint density at radius 3 is 2.58 bits per heavy atom. The first kappa shape index (κ1) is 26.6. The fraction of sp³-hybridized carbons (Fsp3) is 0.684. The van der Waals surface area contributed by atoms with E-state index in [1.807, 2.05) is 20.0 Å². The number of ether oxygens (including phenoxy) is 1. The topological polar surface area (TPSA) is 147 Å². The highest BCUT2D eigenvalue weighted by atomic mass is 35.5. The average molecular weight is 525 g/mol. The lowest BCUT2D eigenvalue weighted by Crippen LogP contribution is -2.29. The maximum Gasteiger partial charge on any atom is 0.340 e. The lowest BCUT2D eigenvalue weighted by Gasteiger charge is -2.27. The van der Waals surface area contributed by atoms with Crippen LogP contribution in [0.3, 0.4) is 0 Å². The molecule has 0 saturated heterocycles. The average Bonchev–Trinajstić information content (AvgIpc) is 3.38. The number of anilines is 1. The number of imidazole rings is 1. The van der Waals surface area contributed by atoms with Crippen molar-refractivity contribution in [2.24, 2.45) is 0 Å². The highest BCUT2D eigenvalue weighted by Gasteiger charge is 2.32. The van der Waals surface area contributed by atoms with Gasteiger partial charge in [0.2, 0.25) is 0 Å². The summed E-state index contributed by atoms with van der Waals surface area (Å²) in [5.74, 6) is -1.37. The molecule has 186 valence electrons. The molecule has 1 aliphatic carbocycles. The monoisotopic (exact) mass is 524 g/mol. The molecule has 2 aromatic rings. The van der Waals surface area contributed by atoms with Gasteiger partial charge in [-0.2, -0.15) is 5.10 Å². The van der Waals surface area contributed by atoms with Gasteiger partial charge in [0, 0.05) is 32.2 Å². The van der Waals surface area contributed by atoms with Crippen LogP contribution in [-0.2, 0) is 18.4 Å². The summed E-state index contributed by atoms with van der Waals surface area (Å²) in [5.41, 5.74) is 2.39. The molecule has 3 N–H and O–H groups in total. The molecule has 2 heterocycles. The molecule has 3 rings (SSSR count). The van der Waals surface area contributed by atoms with E-state index in [2.05, 4.69) is 15.0 Å². The molecule has 0 spiro atoms. The van der Waals surface area contributed by atoms with Gasteiger partial charge in [-0.1, -0.05) is 31.4 Å². The Morgan fingerprint density at radius 1 is 1.30 bits per heavy atom. The van der Waals surface area contributed by atoms with E-state index in [1.54, 1.807) is 10.7 Å². The van der Waals surface area contributed by atoms with Crippen molar-refractivity contribution in [1.82, 2.24) is 14.6 Å². The lowest BCUT2D eigenvalue weighted by atomic mass is 10.0. The van der Waals surface area contributed by atoms with Crippen molar-refractivity contribution in [3.63, 3.8) is 0 Å². The van der Waals surface area contributed by atoms with Crippen molar-refractivity contribution in [1.29, 1.82) is 0 Å². The summed E-state index contributed by atoms with van der Waals surface area (Å²) in [6, 6.07) is 2.25. The van der Waals surface area contributed by atoms with E-state index in [4.69, 9.17) is 30.6 Å². The number of rotatable bonds is 11. The van der Waals surface area contributed by atoms with Crippen LogP contribution in [0.4, 0.5) is 5.69 Å². The van der Waals surface area contributed by atoms with Gasteiger partial charge in [0.25, 0.3) is 0 Å². The fourth-order valence-corrected chi connectivity index (χ4v) is 7.01. The number of aromatic nitrogens is 3. The van der Waals surface area contributed by atoms with Gasteiger partial charge in [0.1, 0.15) is 0 Å². The van der Waals surface area contributed by atoms with E-state index in [0.29, 0.717) is 23.3 Å². The van der Waals surface area contributed by atoms with E-state index < -0.39 is 27.2 Å². The van der Waals surface area contributed by atoms with Gasteiger partial charge in [-0.3, -0.25) is 9.13 Å². The molecule has 0 aliphatic heterocycles. The van der Waals surface area contributed by atoms with E-state index >= 15 is 0 Å². The zero-order valence-electron chi connectivity index (χ0n) is 18.9. The third kappa shape index (κ3) is 6.99. The van der Waals surface area contributed by atoms with Gasteiger partial charge in [-0.15, -0.1) is 0 Å². The second-order valence-corrected chi connectivity index (χ2v) is 12.9. The van der Waals surface area contributed by atoms with Gasteiger partial charge in [0.15, 0.2) is 16.7 Å². The molecular weight excluding hydrogens is 494 g/mol. The minimum Gasteiger partial charge on any atom is -0.379 e. The summed E-state index contributed by atoms with van der Waals surface area (Å²) < 4.78 is 35.0. The molecule has 2 aromatic heterocycles. The largest absolute Gasteiger partial charge is 0.379 e. The van der Waals surface area contributed by atoms with E-state index in [-0.39, 0.29) is 12.5 Å². The van der Waals surface area contributed by atoms with Crippen LogP contribution in [0.25, 0.3) is 5.65 Å². The normalized spacial score (nSPS) is 19.0. The smallest absolute Gasteiger partial charge is 0.340 e. The first-order valence-corrected chi connectivity index (χ1v) is 14.6. The van der Waals surface area contributed by atoms with Crippen LogP contribution in [-0.4, -0.2) is 68.1 Å². The minimum absolute atomic E-state index is 0.135. The van der Waals surface area contributed by atoms with Crippen molar-refractivity contribution in [3.05, 3.63) is 23.1 Å². The summed E-state index contributed by atoms with van der Waals surface area (Å²) in [6.07, 6.45) is 6.18. The Bertz CT molecular complexity index is 1060. The Hall–Kier alpha value is -1.03. The summed E-state index contributed by atoms with van der Waals surface area (Å²) in [7, 11) is -5.67. The second kappa shape index (κ2) is 10.7. The maximum absolute atomic E-state index is 11.9. The SMILES string of the molecule is CO[C@H](COP(=O)(O)CP(=O)(O)O)CC(C)c1cnc2c(N(C)C3CCCC3)cc(Cl)nn12. The molecule has 33 heavy (non-hydrogen) atoms. The number of nitrogens with zero attached hydrogens (tertiary/aromatic N) is 4. The third-order valence-corrected chi connectivity index (χ3v) is 9.62. The highest BCUT2D eigenvalue weighted by Crippen LogP contribution is 2.55. The zero-order valence-corrected chi connectivity index (χ0v) is 21.4. The van der Waals surface area contributed by atoms with E-state index in [0.717, 1.165) is 24.2 Å². The summed E-state index contributed by atoms with van der Waals surface area (Å²) in [4.78, 5) is 34.4. The maximum atomic E-state index is 11.9. The Labute approximate surface area is 197 Å².